The average molecular weight is 318 g/mol. The van der Waals surface area contributed by atoms with E-state index in [4.69, 9.17) is 24.1 Å². The Hall–Kier alpha value is -2.89. The van der Waals surface area contributed by atoms with E-state index in [0.717, 1.165) is 5.56 Å². The van der Waals surface area contributed by atoms with Gasteiger partial charge in [-0.1, -0.05) is 6.07 Å². The standard InChI is InChI=1S/C17H18O6/c1-20-14-7-11(8-15(21-2)16(14)22-3)10-23-13-6-4-5-12(9-13)17(18)19/h4-9H,10H2,1-3H3,(H,18,19). The normalized spacial score (nSPS) is 10.0. The molecule has 0 aromatic heterocycles. The van der Waals surface area contributed by atoms with E-state index in [1.165, 1.54) is 33.5 Å². The Balaban J connectivity index is 2.20. The van der Waals surface area contributed by atoms with Crippen molar-refractivity contribution in [3.63, 3.8) is 0 Å². The fourth-order valence-corrected chi connectivity index (χ4v) is 2.10. The molecule has 0 amide bonds. The van der Waals surface area contributed by atoms with Crippen molar-refractivity contribution in [1.82, 2.24) is 0 Å². The molecule has 6 nitrogen and oxygen atoms in total. The molecule has 0 aliphatic heterocycles. The van der Waals surface area contributed by atoms with E-state index in [0.29, 0.717) is 23.0 Å². The van der Waals surface area contributed by atoms with Crippen molar-refractivity contribution in [1.29, 1.82) is 0 Å². The van der Waals surface area contributed by atoms with Gasteiger partial charge in [-0.2, -0.15) is 0 Å². The summed E-state index contributed by atoms with van der Waals surface area (Å²) in [5.74, 6) is 1.04. The topological polar surface area (TPSA) is 74.2 Å². The number of hydrogen-bond donors (Lipinski definition) is 1. The zero-order valence-corrected chi connectivity index (χ0v) is 13.2. The molecule has 23 heavy (non-hydrogen) atoms. The van der Waals surface area contributed by atoms with Gasteiger partial charge in [-0.3, -0.25) is 0 Å². The number of ether oxygens (including phenoxy) is 4. The van der Waals surface area contributed by atoms with Gasteiger partial charge in [-0.05, 0) is 35.9 Å². The minimum Gasteiger partial charge on any atom is -0.493 e. The molecule has 2 rings (SSSR count). The summed E-state index contributed by atoms with van der Waals surface area (Å²) in [6.45, 7) is 0.236. The van der Waals surface area contributed by atoms with Crippen LogP contribution in [0.2, 0.25) is 0 Å². The Bertz CT molecular complexity index is 670. The van der Waals surface area contributed by atoms with Crippen molar-refractivity contribution in [3.8, 4) is 23.0 Å². The van der Waals surface area contributed by atoms with Crippen molar-refractivity contribution in [2.45, 2.75) is 6.61 Å². The Morgan fingerprint density at radius 1 is 1.00 bits per heavy atom. The molecule has 0 heterocycles. The Morgan fingerprint density at radius 3 is 2.17 bits per heavy atom. The van der Waals surface area contributed by atoms with Crippen LogP contribution in [0.1, 0.15) is 15.9 Å². The number of methoxy groups -OCH3 is 3. The second kappa shape index (κ2) is 7.40. The summed E-state index contributed by atoms with van der Waals surface area (Å²) in [7, 11) is 4.62. The number of benzene rings is 2. The number of rotatable bonds is 7. The molecule has 1 N–H and O–H groups in total. The molecule has 0 spiro atoms. The summed E-state index contributed by atoms with van der Waals surface area (Å²) < 4.78 is 21.5. The molecule has 2 aromatic carbocycles. The van der Waals surface area contributed by atoms with E-state index in [-0.39, 0.29) is 12.2 Å². The average Bonchev–Trinajstić information content (AvgIpc) is 2.59. The van der Waals surface area contributed by atoms with E-state index >= 15 is 0 Å². The lowest BCUT2D eigenvalue weighted by atomic mass is 10.2. The van der Waals surface area contributed by atoms with E-state index < -0.39 is 5.97 Å². The van der Waals surface area contributed by atoms with Gasteiger partial charge in [0.1, 0.15) is 12.4 Å². The van der Waals surface area contributed by atoms with Crippen molar-refractivity contribution in [2.24, 2.45) is 0 Å². The number of hydrogen-bond acceptors (Lipinski definition) is 5. The second-order valence-electron chi connectivity index (χ2n) is 4.66. The first-order valence-corrected chi connectivity index (χ1v) is 6.84. The molecular formula is C17H18O6. The monoisotopic (exact) mass is 318 g/mol. The fraction of sp³-hybridized carbons (Fsp3) is 0.235. The maximum absolute atomic E-state index is 11.0. The molecular weight excluding hydrogens is 300 g/mol. The maximum Gasteiger partial charge on any atom is 0.335 e. The molecule has 0 fully saturated rings. The molecule has 0 saturated heterocycles. The first kappa shape index (κ1) is 16.5. The molecule has 0 aliphatic rings. The van der Waals surface area contributed by atoms with Crippen molar-refractivity contribution in [2.75, 3.05) is 21.3 Å². The van der Waals surface area contributed by atoms with E-state index in [9.17, 15) is 4.79 Å². The summed E-state index contributed by atoms with van der Waals surface area (Å²) in [6, 6.07) is 9.87. The SMILES string of the molecule is COc1cc(COc2cccc(C(=O)O)c2)cc(OC)c1OC. The van der Waals surface area contributed by atoms with Gasteiger partial charge in [-0.15, -0.1) is 0 Å². The Kier molecular flexibility index (Phi) is 5.30. The minimum absolute atomic E-state index is 0.174. The van der Waals surface area contributed by atoms with E-state index in [1.807, 2.05) is 0 Å². The number of carbonyl (C=O) groups is 1. The minimum atomic E-state index is -0.997. The van der Waals surface area contributed by atoms with Crippen molar-refractivity contribution in [3.05, 3.63) is 47.5 Å². The first-order chi connectivity index (χ1) is 11.1. The van der Waals surface area contributed by atoms with Crippen LogP contribution >= 0.6 is 0 Å². The molecule has 0 bridgehead atoms. The van der Waals surface area contributed by atoms with Crippen LogP contribution in [0.5, 0.6) is 23.0 Å². The van der Waals surface area contributed by atoms with E-state index in [1.54, 1.807) is 24.3 Å². The molecule has 0 unspecified atom stereocenters. The number of carboxylic acid groups (broad SMARTS) is 1. The summed E-state index contributed by atoms with van der Waals surface area (Å²) in [5.41, 5.74) is 0.979. The highest BCUT2D eigenvalue weighted by Crippen LogP contribution is 2.38. The largest absolute Gasteiger partial charge is 0.493 e. The van der Waals surface area contributed by atoms with Gasteiger partial charge in [0.2, 0.25) is 5.75 Å². The summed E-state index contributed by atoms with van der Waals surface area (Å²) in [5, 5.41) is 8.99. The maximum atomic E-state index is 11.0. The van der Waals surface area contributed by atoms with Gasteiger partial charge in [0.05, 0.1) is 26.9 Å². The predicted molar refractivity (Wildman–Crippen MR) is 83.8 cm³/mol. The Morgan fingerprint density at radius 2 is 1.65 bits per heavy atom. The summed E-state index contributed by atoms with van der Waals surface area (Å²) >= 11 is 0. The quantitative estimate of drug-likeness (QED) is 0.846. The highest BCUT2D eigenvalue weighted by molar-refractivity contribution is 5.88. The van der Waals surface area contributed by atoms with Gasteiger partial charge < -0.3 is 24.1 Å². The number of carboxylic acids is 1. The lowest BCUT2D eigenvalue weighted by Gasteiger charge is -2.14. The van der Waals surface area contributed by atoms with Crippen molar-refractivity contribution >= 4 is 5.97 Å². The smallest absolute Gasteiger partial charge is 0.335 e. The van der Waals surface area contributed by atoms with Crippen LogP contribution in [-0.4, -0.2) is 32.4 Å². The lowest BCUT2D eigenvalue weighted by molar-refractivity contribution is 0.0696. The van der Waals surface area contributed by atoms with Crippen LogP contribution in [0.3, 0.4) is 0 Å². The number of aromatic carboxylic acids is 1. The van der Waals surface area contributed by atoms with Crippen LogP contribution in [0, 0.1) is 0 Å². The molecule has 0 saturated carbocycles. The molecule has 0 atom stereocenters. The highest BCUT2D eigenvalue weighted by Gasteiger charge is 2.13. The third-order valence-corrected chi connectivity index (χ3v) is 3.21. The van der Waals surface area contributed by atoms with Gasteiger partial charge >= 0.3 is 5.97 Å². The third-order valence-electron chi connectivity index (χ3n) is 3.21. The zero-order valence-electron chi connectivity index (χ0n) is 13.2. The highest BCUT2D eigenvalue weighted by atomic mass is 16.5. The van der Waals surface area contributed by atoms with Gasteiger partial charge in [-0.25, -0.2) is 4.79 Å². The van der Waals surface area contributed by atoms with Crippen LogP contribution in [0.15, 0.2) is 36.4 Å². The summed E-state index contributed by atoms with van der Waals surface area (Å²) in [4.78, 5) is 11.0. The van der Waals surface area contributed by atoms with Crippen LogP contribution in [0.25, 0.3) is 0 Å². The molecule has 0 aliphatic carbocycles. The van der Waals surface area contributed by atoms with Crippen LogP contribution in [-0.2, 0) is 6.61 Å². The molecule has 2 aromatic rings. The fourth-order valence-electron chi connectivity index (χ4n) is 2.10. The van der Waals surface area contributed by atoms with Crippen molar-refractivity contribution < 1.29 is 28.8 Å². The van der Waals surface area contributed by atoms with E-state index in [2.05, 4.69) is 0 Å². The third kappa shape index (κ3) is 3.85. The molecule has 6 heteroatoms. The zero-order chi connectivity index (χ0) is 16.8. The van der Waals surface area contributed by atoms with Gasteiger partial charge in [0.15, 0.2) is 11.5 Å². The van der Waals surface area contributed by atoms with Gasteiger partial charge in [0, 0.05) is 0 Å². The predicted octanol–water partition coefficient (Wildman–Crippen LogP) is 2.99. The Labute approximate surface area is 134 Å². The van der Waals surface area contributed by atoms with Crippen LogP contribution in [0.4, 0.5) is 0 Å². The van der Waals surface area contributed by atoms with Gasteiger partial charge in [0.25, 0.3) is 0 Å². The lowest BCUT2D eigenvalue weighted by Crippen LogP contribution is -2.01. The first-order valence-electron chi connectivity index (χ1n) is 6.84. The van der Waals surface area contributed by atoms with Crippen LogP contribution < -0.4 is 18.9 Å². The molecule has 122 valence electrons. The second-order valence-corrected chi connectivity index (χ2v) is 4.66. The molecule has 0 radical (unpaired) electrons. The summed E-state index contributed by atoms with van der Waals surface area (Å²) in [6.07, 6.45) is 0.